The van der Waals surface area contributed by atoms with Gasteiger partial charge in [-0.25, -0.2) is 4.68 Å². The van der Waals surface area contributed by atoms with Crippen molar-refractivity contribution in [2.75, 3.05) is 6.54 Å². The summed E-state index contributed by atoms with van der Waals surface area (Å²) in [6.45, 7) is 5.30. The first-order chi connectivity index (χ1) is 10.2. The minimum Gasteiger partial charge on any atom is -0.354 e. The average molecular weight is 286 g/mol. The number of nitrogens with one attached hydrogen (secondary N) is 2. The van der Waals surface area contributed by atoms with Gasteiger partial charge in [-0.1, -0.05) is 18.2 Å². The van der Waals surface area contributed by atoms with E-state index in [1.54, 1.807) is 6.20 Å². The number of aromatic nitrogens is 2. The van der Waals surface area contributed by atoms with Crippen LogP contribution in [-0.4, -0.2) is 28.3 Å². The maximum Gasteiger partial charge on any atom is 0.221 e. The van der Waals surface area contributed by atoms with Crippen LogP contribution in [-0.2, 0) is 11.3 Å². The minimum absolute atomic E-state index is 0.0814. The van der Waals surface area contributed by atoms with Crippen LogP contribution in [0.2, 0.25) is 0 Å². The summed E-state index contributed by atoms with van der Waals surface area (Å²) < 4.78 is 1.85. The average Bonchev–Trinajstić information content (AvgIpc) is 2.97. The van der Waals surface area contributed by atoms with Crippen LogP contribution in [0.3, 0.4) is 0 Å². The quantitative estimate of drug-likeness (QED) is 0.764. The molecule has 0 saturated carbocycles. The van der Waals surface area contributed by atoms with Crippen molar-refractivity contribution in [2.24, 2.45) is 0 Å². The Bertz CT molecular complexity index is 563. The maximum atomic E-state index is 11.6. The molecule has 0 saturated heterocycles. The normalized spacial score (nSPS) is 10.8. The molecule has 0 aliphatic heterocycles. The molecule has 0 fully saturated rings. The fraction of sp³-hybridized carbons (Fsp3) is 0.375. The molecule has 2 aromatic rings. The lowest BCUT2D eigenvalue weighted by Gasteiger charge is -2.11. The molecule has 0 spiro atoms. The lowest BCUT2D eigenvalue weighted by atomic mass is 10.1. The van der Waals surface area contributed by atoms with Gasteiger partial charge >= 0.3 is 0 Å². The summed E-state index contributed by atoms with van der Waals surface area (Å²) in [5.74, 6) is 0.0814. The van der Waals surface area contributed by atoms with E-state index in [0.29, 0.717) is 19.5 Å². The Morgan fingerprint density at radius 2 is 2.10 bits per heavy atom. The highest BCUT2D eigenvalue weighted by Gasteiger charge is 2.05. The Morgan fingerprint density at radius 3 is 2.81 bits per heavy atom. The van der Waals surface area contributed by atoms with Crippen molar-refractivity contribution >= 4 is 5.91 Å². The van der Waals surface area contributed by atoms with Crippen LogP contribution in [0.25, 0.3) is 5.69 Å². The first kappa shape index (κ1) is 15.3. The highest BCUT2D eigenvalue weighted by atomic mass is 16.1. The summed E-state index contributed by atoms with van der Waals surface area (Å²) >= 11 is 0. The van der Waals surface area contributed by atoms with E-state index in [1.165, 1.54) is 0 Å². The van der Waals surface area contributed by atoms with Crippen LogP contribution in [0.1, 0.15) is 25.8 Å². The summed E-state index contributed by atoms with van der Waals surface area (Å²) in [6, 6.07) is 10.2. The molecule has 0 atom stereocenters. The summed E-state index contributed by atoms with van der Waals surface area (Å²) in [6.07, 6.45) is 4.18. The van der Waals surface area contributed by atoms with Gasteiger partial charge in [0.15, 0.2) is 0 Å². The molecule has 1 amide bonds. The fourth-order valence-corrected chi connectivity index (χ4v) is 2.11. The Kier molecular flexibility index (Phi) is 5.51. The third-order valence-corrected chi connectivity index (χ3v) is 3.04. The van der Waals surface area contributed by atoms with Crippen molar-refractivity contribution in [1.29, 1.82) is 0 Å². The largest absolute Gasteiger partial charge is 0.354 e. The molecule has 0 bridgehead atoms. The molecule has 5 nitrogen and oxygen atoms in total. The molecule has 1 aromatic heterocycles. The second-order valence-corrected chi connectivity index (χ2v) is 5.23. The van der Waals surface area contributed by atoms with Crippen molar-refractivity contribution < 1.29 is 4.79 Å². The van der Waals surface area contributed by atoms with E-state index < -0.39 is 0 Å². The minimum atomic E-state index is 0.0814. The number of carbonyl (C=O) groups excluding carboxylic acids is 1. The second-order valence-electron chi connectivity index (χ2n) is 5.23. The second kappa shape index (κ2) is 7.59. The molecule has 21 heavy (non-hydrogen) atoms. The van der Waals surface area contributed by atoms with Gasteiger partial charge in [0.1, 0.15) is 0 Å². The predicted octanol–water partition coefficient (Wildman–Crippen LogP) is 1.88. The Morgan fingerprint density at radius 1 is 1.29 bits per heavy atom. The highest BCUT2D eigenvalue weighted by molar-refractivity contribution is 5.76. The topological polar surface area (TPSA) is 59.0 Å². The molecule has 5 heteroatoms. The lowest BCUT2D eigenvalue weighted by molar-refractivity contribution is -0.121. The third-order valence-electron chi connectivity index (χ3n) is 3.04. The van der Waals surface area contributed by atoms with Crippen molar-refractivity contribution in [3.8, 4) is 5.69 Å². The molecule has 0 aliphatic rings. The molecule has 0 aliphatic carbocycles. The third kappa shape index (κ3) is 4.72. The van der Waals surface area contributed by atoms with Gasteiger partial charge in [-0.05, 0) is 31.5 Å². The van der Waals surface area contributed by atoms with Gasteiger partial charge in [0.25, 0.3) is 0 Å². The van der Waals surface area contributed by atoms with Crippen LogP contribution < -0.4 is 10.6 Å². The van der Waals surface area contributed by atoms with Gasteiger partial charge in [-0.15, -0.1) is 0 Å². The van der Waals surface area contributed by atoms with E-state index >= 15 is 0 Å². The molecule has 1 heterocycles. The van der Waals surface area contributed by atoms with Gasteiger partial charge in [0.2, 0.25) is 5.91 Å². The number of amides is 1. The van der Waals surface area contributed by atoms with E-state index in [9.17, 15) is 4.79 Å². The van der Waals surface area contributed by atoms with Crippen molar-refractivity contribution in [3.63, 3.8) is 0 Å². The molecule has 1 aromatic carbocycles. The standard InChI is InChI=1S/C16H22N4O/c1-13(2)19-16(21)8-10-17-12-14-6-3-4-7-15(14)20-11-5-9-18-20/h3-7,9,11,13,17H,8,10,12H2,1-2H3,(H,19,21). The molecule has 2 N–H and O–H groups in total. The lowest BCUT2D eigenvalue weighted by Crippen LogP contribution is -2.32. The predicted molar refractivity (Wildman–Crippen MR) is 83.2 cm³/mol. The number of hydrogen-bond donors (Lipinski definition) is 2. The number of para-hydroxylation sites is 1. The molecule has 112 valence electrons. The van der Waals surface area contributed by atoms with Gasteiger partial charge in [0, 0.05) is 37.9 Å². The first-order valence-corrected chi connectivity index (χ1v) is 7.25. The van der Waals surface area contributed by atoms with Crippen molar-refractivity contribution in [3.05, 3.63) is 48.3 Å². The van der Waals surface area contributed by atoms with E-state index in [4.69, 9.17) is 0 Å². The van der Waals surface area contributed by atoms with Crippen LogP contribution in [0.4, 0.5) is 0 Å². The molecule has 0 unspecified atom stereocenters. The maximum absolute atomic E-state index is 11.6. The molecular weight excluding hydrogens is 264 g/mol. The zero-order chi connectivity index (χ0) is 15.1. The Hall–Kier alpha value is -2.14. The van der Waals surface area contributed by atoms with Crippen molar-refractivity contribution in [2.45, 2.75) is 32.9 Å². The summed E-state index contributed by atoms with van der Waals surface area (Å²) in [7, 11) is 0. The summed E-state index contributed by atoms with van der Waals surface area (Å²) in [5, 5.41) is 10.4. The van der Waals surface area contributed by atoms with E-state index in [0.717, 1.165) is 11.3 Å². The molecular formula is C16H22N4O. The van der Waals surface area contributed by atoms with Gasteiger partial charge in [0.05, 0.1) is 5.69 Å². The smallest absolute Gasteiger partial charge is 0.221 e. The van der Waals surface area contributed by atoms with Crippen molar-refractivity contribution in [1.82, 2.24) is 20.4 Å². The Labute approximate surface area is 125 Å². The number of rotatable bonds is 7. The number of nitrogens with zero attached hydrogens (tertiary/aromatic N) is 2. The SMILES string of the molecule is CC(C)NC(=O)CCNCc1ccccc1-n1cccn1. The zero-order valence-electron chi connectivity index (χ0n) is 12.5. The van der Waals surface area contributed by atoms with E-state index in [1.807, 2.05) is 49.0 Å². The van der Waals surface area contributed by atoms with Crippen LogP contribution in [0.15, 0.2) is 42.7 Å². The number of hydrogen-bond acceptors (Lipinski definition) is 3. The highest BCUT2D eigenvalue weighted by Crippen LogP contribution is 2.12. The van der Waals surface area contributed by atoms with Crippen LogP contribution >= 0.6 is 0 Å². The van der Waals surface area contributed by atoms with E-state index in [-0.39, 0.29) is 11.9 Å². The summed E-state index contributed by atoms with van der Waals surface area (Å²) in [5.41, 5.74) is 2.21. The number of carbonyl (C=O) groups is 1. The van der Waals surface area contributed by atoms with E-state index in [2.05, 4.69) is 21.8 Å². The monoisotopic (exact) mass is 286 g/mol. The zero-order valence-corrected chi connectivity index (χ0v) is 12.5. The first-order valence-electron chi connectivity index (χ1n) is 7.25. The Balaban J connectivity index is 1.85. The molecule has 2 rings (SSSR count). The fourth-order valence-electron chi connectivity index (χ4n) is 2.11. The van der Waals surface area contributed by atoms with Crippen LogP contribution in [0.5, 0.6) is 0 Å². The number of benzene rings is 1. The molecule has 0 radical (unpaired) electrons. The summed E-state index contributed by atoms with van der Waals surface area (Å²) in [4.78, 5) is 11.6. The van der Waals surface area contributed by atoms with Gasteiger partial charge < -0.3 is 10.6 Å². The van der Waals surface area contributed by atoms with Crippen LogP contribution in [0, 0.1) is 0 Å². The van der Waals surface area contributed by atoms with Gasteiger partial charge in [-0.2, -0.15) is 5.10 Å². The van der Waals surface area contributed by atoms with Gasteiger partial charge in [-0.3, -0.25) is 4.79 Å².